The van der Waals surface area contributed by atoms with Crippen molar-refractivity contribution in [2.75, 3.05) is 6.54 Å². The summed E-state index contributed by atoms with van der Waals surface area (Å²) in [7, 11) is 0. The zero-order valence-corrected chi connectivity index (χ0v) is 13.8. The number of nitrogens with zero attached hydrogens (tertiary/aromatic N) is 1. The highest BCUT2D eigenvalue weighted by Gasteiger charge is 2.45. The van der Waals surface area contributed by atoms with E-state index in [1.165, 1.54) is 4.90 Å². The number of hydrogen-bond acceptors (Lipinski definition) is 4. The molecule has 1 aliphatic heterocycles. The minimum Gasteiger partial charge on any atom is -0.507 e. The normalized spacial score (nSPS) is 18.9. The van der Waals surface area contributed by atoms with E-state index < -0.39 is 23.7 Å². The van der Waals surface area contributed by atoms with Gasteiger partial charge in [0.2, 0.25) is 0 Å². The number of likely N-dealkylation sites (tertiary alicyclic amines) is 1. The first-order valence-electron chi connectivity index (χ1n) is 8.11. The number of amides is 1. The molecule has 132 valence electrons. The summed E-state index contributed by atoms with van der Waals surface area (Å²) in [5.41, 5.74) is 1.03. The fraction of sp³-hybridized carbons (Fsp3) is 0.150. The number of benzene rings is 2. The number of aliphatic hydroxyl groups excluding tert-OH is 1. The molecule has 2 aromatic rings. The Bertz CT molecular complexity index is 874. The van der Waals surface area contributed by atoms with Crippen LogP contribution in [0.1, 0.15) is 23.6 Å². The number of aliphatic carboxylic acids is 1. The van der Waals surface area contributed by atoms with Crippen molar-refractivity contribution in [3.8, 4) is 0 Å². The Balaban J connectivity index is 2.13. The molecule has 0 spiro atoms. The Morgan fingerprint density at radius 3 is 2.08 bits per heavy atom. The van der Waals surface area contributed by atoms with Gasteiger partial charge in [-0.2, -0.15) is 0 Å². The first-order chi connectivity index (χ1) is 12.5. The van der Waals surface area contributed by atoms with Gasteiger partial charge in [-0.1, -0.05) is 60.7 Å². The predicted molar refractivity (Wildman–Crippen MR) is 94.1 cm³/mol. The van der Waals surface area contributed by atoms with Crippen molar-refractivity contribution in [2.24, 2.45) is 0 Å². The lowest BCUT2D eigenvalue weighted by atomic mass is 9.95. The van der Waals surface area contributed by atoms with Crippen LogP contribution in [0.25, 0.3) is 5.76 Å². The van der Waals surface area contributed by atoms with Gasteiger partial charge in [-0.15, -0.1) is 0 Å². The van der Waals surface area contributed by atoms with Crippen molar-refractivity contribution < 1.29 is 24.6 Å². The molecule has 3 rings (SSSR count). The minimum absolute atomic E-state index is 0.0298. The maximum Gasteiger partial charge on any atom is 0.305 e. The number of hydrogen-bond donors (Lipinski definition) is 2. The van der Waals surface area contributed by atoms with E-state index in [0.717, 1.165) is 0 Å². The second kappa shape index (κ2) is 7.23. The van der Waals surface area contributed by atoms with Crippen LogP contribution in [0, 0.1) is 0 Å². The Hall–Kier alpha value is -3.41. The summed E-state index contributed by atoms with van der Waals surface area (Å²) in [6.45, 7) is -0.120. The van der Waals surface area contributed by atoms with Gasteiger partial charge in [-0.05, 0) is 5.56 Å². The highest BCUT2D eigenvalue weighted by atomic mass is 16.4. The second-order valence-electron chi connectivity index (χ2n) is 5.91. The van der Waals surface area contributed by atoms with Gasteiger partial charge >= 0.3 is 5.97 Å². The molecular formula is C20H17NO5. The van der Waals surface area contributed by atoms with Crippen LogP contribution in [-0.2, 0) is 14.4 Å². The fourth-order valence-corrected chi connectivity index (χ4v) is 3.06. The van der Waals surface area contributed by atoms with Gasteiger partial charge in [0.15, 0.2) is 0 Å². The van der Waals surface area contributed by atoms with Crippen LogP contribution in [-0.4, -0.2) is 39.3 Å². The molecule has 0 saturated carbocycles. The molecule has 6 heteroatoms. The van der Waals surface area contributed by atoms with Gasteiger partial charge in [0.05, 0.1) is 18.0 Å². The van der Waals surface area contributed by atoms with Gasteiger partial charge in [0.1, 0.15) is 5.76 Å². The van der Waals surface area contributed by atoms with Gasteiger partial charge in [0, 0.05) is 12.1 Å². The number of Topliss-reactive ketones (excluding diaryl/α,β-unsaturated/α-hetero) is 1. The van der Waals surface area contributed by atoms with E-state index in [2.05, 4.69) is 0 Å². The molecule has 1 heterocycles. The molecule has 0 aromatic heterocycles. The van der Waals surface area contributed by atoms with Crippen molar-refractivity contribution in [2.45, 2.75) is 12.5 Å². The number of ketones is 1. The first-order valence-corrected chi connectivity index (χ1v) is 8.11. The number of aliphatic hydroxyl groups is 1. The van der Waals surface area contributed by atoms with Crippen LogP contribution in [0.2, 0.25) is 0 Å². The zero-order chi connectivity index (χ0) is 18.7. The van der Waals surface area contributed by atoms with Gasteiger partial charge in [-0.25, -0.2) is 0 Å². The van der Waals surface area contributed by atoms with E-state index in [4.69, 9.17) is 5.11 Å². The predicted octanol–water partition coefficient (Wildman–Crippen LogP) is 2.58. The lowest BCUT2D eigenvalue weighted by Gasteiger charge is -2.24. The third-order valence-electron chi connectivity index (χ3n) is 4.27. The quantitative estimate of drug-likeness (QED) is 0.490. The summed E-state index contributed by atoms with van der Waals surface area (Å²) in [4.78, 5) is 37.2. The minimum atomic E-state index is -1.07. The van der Waals surface area contributed by atoms with Crippen molar-refractivity contribution in [1.29, 1.82) is 0 Å². The number of carboxylic acids is 1. The van der Waals surface area contributed by atoms with Gasteiger partial charge < -0.3 is 15.1 Å². The monoisotopic (exact) mass is 351 g/mol. The largest absolute Gasteiger partial charge is 0.507 e. The summed E-state index contributed by atoms with van der Waals surface area (Å²) in [5.74, 6) is -2.96. The summed E-state index contributed by atoms with van der Waals surface area (Å²) in [5, 5.41) is 19.7. The molecule has 6 nitrogen and oxygen atoms in total. The topological polar surface area (TPSA) is 94.9 Å². The molecule has 1 amide bonds. The maximum atomic E-state index is 12.6. The average Bonchev–Trinajstić information content (AvgIpc) is 2.91. The Labute approximate surface area is 150 Å². The van der Waals surface area contributed by atoms with E-state index in [-0.39, 0.29) is 24.3 Å². The van der Waals surface area contributed by atoms with Crippen LogP contribution in [0.4, 0.5) is 0 Å². The lowest BCUT2D eigenvalue weighted by molar-refractivity contribution is -0.142. The van der Waals surface area contributed by atoms with Gasteiger partial charge in [0.25, 0.3) is 11.7 Å². The van der Waals surface area contributed by atoms with Crippen molar-refractivity contribution in [1.82, 2.24) is 4.90 Å². The second-order valence-corrected chi connectivity index (χ2v) is 5.91. The summed E-state index contributed by atoms with van der Waals surface area (Å²) in [6, 6.07) is 16.5. The molecular weight excluding hydrogens is 334 g/mol. The molecule has 0 radical (unpaired) electrons. The standard InChI is InChI=1S/C20H17NO5/c22-15(23)11-12-21-17(13-7-3-1-4-8-13)16(19(25)20(21)26)18(24)14-9-5-2-6-10-14/h1-10,17,24H,11-12H2,(H,22,23)/b18-16+/t17-/m0/s1. The Morgan fingerprint density at radius 2 is 1.50 bits per heavy atom. The Kier molecular flexibility index (Phi) is 4.84. The number of rotatable bonds is 5. The number of carbonyl (C=O) groups is 3. The summed E-state index contributed by atoms with van der Waals surface area (Å²) >= 11 is 0. The van der Waals surface area contributed by atoms with Gasteiger partial charge in [-0.3, -0.25) is 14.4 Å². The molecule has 1 atom stereocenters. The van der Waals surface area contributed by atoms with E-state index in [1.807, 2.05) is 0 Å². The van der Waals surface area contributed by atoms with Crippen LogP contribution in [0.15, 0.2) is 66.2 Å². The molecule has 0 bridgehead atoms. The van der Waals surface area contributed by atoms with Crippen molar-refractivity contribution >= 4 is 23.4 Å². The first kappa shape index (κ1) is 17.4. The molecule has 1 saturated heterocycles. The van der Waals surface area contributed by atoms with Crippen molar-refractivity contribution in [3.05, 3.63) is 77.4 Å². The smallest absolute Gasteiger partial charge is 0.305 e. The summed E-state index contributed by atoms with van der Waals surface area (Å²) in [6.07, 6.45) is -0.290. The maximum absolute atomic E-state index is 12.6. The fourth-order valence-electron chi connectivity index (χ4n) is 3.06. The van der Waals surface area contributed by atoms with Crippen LogP contribution >= 0.6 is 0 Å². The average molecular weight is 351 g/mol. The molecule has 26 heavy (non-hydrogen) atoms. The van der Waals surface area contributed by atoms with Crippen LogP contribution in [0.5, 0.6) is 0 Å². The van der Waals surface area contributed by atoms with E-state index >= 15 is 0 Å². The number of carboxylic acid groups (broad SMARTS) is 1. The molecule has 2 N–H and O–H groups in total. The third-order valence-corrected chi connectivity index (χ3v) is 4.27. The van der Waals surface area contributed by atoms with Crippen LogP contribution < -0.4 is 0 Å². The molecule has 0 unspecified atom stereocenters. The molecule has 0 aliphatic carbocycles. The highest BCUT2D eigenvalue weighted by molar-refractivity contribution is 6.46. The lowest BCUT2D eigenvalue weighted by Crippen LogP contribution is -2.31. The SMILES string of the molecule is O=C(O)CCN1C(=O)C(=O)/C(=C(/O)c2ccccc2)[C@@H]1c1ccccc1. The van der Waals surface area contributed by atoms with E-state index in [0.29, 0.717) is 11.1 Å². The molecule has 1 fully saturated rings. The molecule has 1 aliphatic rings. The Morgan fingerprint density at radius 1 is 0.923 bits per heavy atom. The third kappa shape index (κ3) is 3.21. The van der Waals surface area contributed by atoms with E-state index in [1.54, 1.807) is 60.7 Å². The zero-order valence-electron chi connectivity index (χ0n) is 13.8. The summed E-state index contributed by atoms with van der Waals surface area (Å²) < 4.78 is 0. The number of carbonyl (C=O) groups excluding carboxylic acids is 2. The highest BCUT2D eigenvalue weighted by Crippen LogP contribution is 2.39. The molecule has 2 aromatic carbocycles. The van der Waals surface area contributed by atoms with E-state index in [9.17, 15) is 19.5 Å². The van der Waals surface area contributed by atoms with Crippen molar-refractivity contribution in [3.63, 3.8) is 0 Å². The van der Waals surface area contributed by atoms with Crippen LogP contribution in [0.3, 0.4) is 0 Å².